The average Bonchev–Trinajstić information content (AvgIpc) is 2.96. The van der Waals surface area contributed by atoms with E-state index in [1.165, 1.54) is 0 Å². The Morgan fingerprint density at radius 2 is 2.06 bits per heavy atom. The van der Waals surface area contributed by atoms with E-state index < -0.39 is 0 Å². The number of aromatic nitrogens is 4. The van der Waals surface area contributed by atoms with Crippen molar-refractivity contribution in [3.8, 4) is 17.2 Å². The molecule has 1 atom stereocenters. The second-order valence-electron chi connectivity index (χ2n) is 8.65. The normalized spacial score (nSPS) is 17.0. The number of hydrogen-bond acceptors (Lipinski definition) is 9. The van der Waals surface area contributed by atoms with E-state index in [0.29, 0.717) is 29.7 Å². The molecular formula is C25H25N7O2. The molecule has 9 nitrogen and oxygen atoms in total. The van der Waals surface area contributed by atoms with Gasteiger partial charge in [-0.25, -0.2) is 15.0 Å². The number of ether oxygens (including phenoxy) is 2. The summed E-state index contributed by atoms with van der Waals surface area (Å²) < 4.78 is 12.0. The average molecular weight is 456 g/mol. The summed E-state index contributed by atoms with van der Waals surface area (Å²) in [4.78, 5) is 20.4. The highest BCUT2D eigenvalue weighted by Crippen LogP contribution is 2.35. The number of rotatable bonds is 4. The van der Waals surface area contributed by atoms with Crippen LogP contribution in [0.15, 0.2) is 48.9 Å². The monoisotopic (exact) mass is 455 g/mol. The molecule has 1 saturated heterocycles. The molecule has 9 heteroatoms. The molecule has 0 amide bonds. The van der Waals surface area contributed by atoms with Crippen molar-refractivity contribution >= 4 is 28.4 Å². The second kappa shape index (κ2) is 8.42. The van der Waals surface area contributed by atoms with E-state index in [-0.39, 0.29) is 0 Å². The van der Waals surface area contributed by atoms with Gasteiger partial charge in [-0.15, -0.1) is 0 Å². The van der Waals surface area contributed by atoms with E-state index in [2.05, 4.69) is 30.5 Å². The quantitative estimate of drug-likeness (QED) is 0.477. The molecule has 0 unspecified atom stereocenters. The molecule has 5 heterocycles. The van der Waals surface area contributed by atoms with Crippen LogP contribution in [0, 0.1) is 13.8 Å². The van der Waals surface area contributed by atoms with Crippen LogP contribution in [0.1, 0.15) is 11.3 Å². The Morgan fingerprint density at radius 3 is 2.91 bits per heavy atom. The molecule has 1 fully saturated rings. The van der Waals surface area contributed by atoms with E-state index in [1.807, 2.05) is 50.2 Å². The highest BCUT2D eigenvalue weighted by atomic mass is 16.5. The lowest BCUT2D eigenvalue weighted by Crippen LogP contribution is -2.51. The molecule has 1 aromatic carbocycles. The second-order valence-corrected chi connectivity index (χ2v) is 8.65. The van der Waals surface area contributed by atoms with Gasteiger partial charge in [0.2, 0.25) is 0 Å². The van der Waals surface area contributed by atoms with E-state index in [9.17, 15) is 0 Å². The maximum atomic E-state index is 6.05. The Labute approximate surface area is 197 Å². The van der Waals surface area contributed by atoms with Crippen LogP contribution in [0.2, 0.25) is 0 Å². The Bertz CT molecular complexity index is 1360. The summed E-state index contributed by atoms with van der Waals surface area (Å²) in [6.45, 7) is 7.26. The van der Waals surface area contributed by atoms with Crippen molar-refractivity contribution in [2.45, 2.75) is 19.9 Å². The summed E-state index contributed by atoms with van der Waals surface area (Å²) in [5.41, 5.74) is 4.29. The highest BCUT2D eigenvalue weighted by Gasteiger charge is 2.28. The molecule has 2 aliphatic rings. The molecule has 0 spiro atoms. The van der Waals surface area contributed by atoms with Crippen LogP contribution in [0.25, 0.3) is 11.0 Å². The van der Waals surface area contributed by atoms with Crippen LogP contribution in [0.5, 0.6) is 17.2 Å². The topological polar surface area (TPSA) is 97.3 Å². The predicted octanol–water partition coefficient (Wildman–Crippen LogP) is 3.74. The highest BCUT2D eigenvalue weighted by molar-refractivity contribution is 5.90. The number of pyridine rings is 2. The molecule has 0 radical (unpaired) electrons. The van der Waals surface area contributed by atoms with Gasteiger partial charge in [-0.1, -0.05) is 0 Å². The fourth-order valence-corrected chi connectivity index (χ4v) is 4.32. The molecule has 6 rings (SSSR count). The lowest BCUT2D eigenvalue weighted by molar-refractivity contribution is 0.271. The first kappa shape index (κ1) is 20.6. The summed E-state index contributed by atoms with van der Waals surface area (Å²) in [6.07, 6.45) is 3.28. The van der Waals surface area contributed by atoms with Gasteiger partial charge in [0.05, 0.1) is 17.8 Å². The zero-order chi connectivity index (χ0) is 23.1. The lowest BCUT2D eigenvalue weighted by Gasteiger charge is -2.31. The standard InChI is InChI=1S/C25H25N7O2/c1-15-9-17(4-6-21(15)34-19-5-3-16(2)27-11-19)30-24-23-20(28-14-29-24)10-22-25(31-23)32-8-7-26-18(12-32)13-33-22/h3-6,9-11,14,18,26H,7-8,12-13H2,1-2H3,(H,28,29,30)/t18-/m0/s1. The van der Waals surface area contributed by atoms with Crippen LogP contribution < -0.4 is 25.0 Å². The number of nitrogens with one attached hydrogen (secondary N) is 2. The molecule has 0 saturated carbocycles. The van der Waals surface area contributed by atoms with E-state index in [1.54, 1.807) is 12.5 Å². The molecule has 2 aliphatic heterocycles. The van der Waals surface area contributed by atoms with Crippen molar-refractivity contribution in [1.82, 2.24) is 25.3 Å². The van der Waals surface area contributed by atoms with Gasteiger partial charge in [-0.05, 0) is 49.7 Å². The maximum Gasteiger partial charge on any atom is 0.172 e. The molecule has 2 N–H and O–H groups in total. The summed E-state index contributed by atoms with van der Waals surface area (Å²) in [5.74, 6) is 3.75. The first-order chi connectivity index (χ1) is 16.6. The fraction of sp³-hybridized carbons (Fsp3) is 0.280. The van der Waals surface area contributed by atoms with Crippen molar-refractivity contribution in [3.05, 3.63) is 60.2 Å². The lowest BCUT2D eigenvalue weighted by atomic mass is 10.2. The largest absolute Gasteiger partial charge is 0.488 e. The summed E-state index contributed by atoms with van der Waals surface area (Å²) in [6, 6.07) is 12.0. The number of hydrogen-bond donors (Lipinski definition) is 2. The number of piperazine rings is 1. The third-order valence-corrected chi connectivity index (χ3v) is 6.10. The zero-order valence-electron chi connectivity index (χ0n) is 19.1. The minimum absolute atomic E-state index is 0.300. The third-order valence-electron chi connectivity index (χ3n) is 6.10. The number of aryl methyl sites for hydroxylation is 2. The van der Waals surface area contributed by atoms with E-state index >= 15 is 0 Å². The molecule has 0 aliphatic carbocycles. The summed E-state index contributed by atoms with van der Waals surface area (Å²) in [7, 11) is 0. The molecule has 2 bridgehead atoms. The Morgan fingerprint density at radius 1 is 1.12 bits per heavy atom. The van der Waals surface area contributed by atoms with Crippen LogP contribution in [-0.4, -0.2) is 52.2 Å². The van der Waals surface area contributed by atoms with Crippen LogP contribution in [0.4, 0.5) is 17.3 Å². The molecular weight excluding hydrogens is 430 g/mol. The van der Waals surface area contributed by atoms with Gasteiger partial charge in [-0.3, -0.25) is 4.98 Å². The van der Waals surface area contributed by atoms with Crippen LogP contribution in [0.3, 0.4) is 0 Å². The Hall–Kier alpha value is -3.98. The zero-order valence-corrected chi connectivity index (χ0v) is 19.1. The summed E-state index contributed by atoms with van der Waals surface area (Å²) in [5, 5.41) is 6.90. The van der Waals surface area contributed by atoms with Crippen LogP contribution in [-0.2, 0) is 0 Å². The van der Waals surface area contributed by atoms with Gasteiger partial charge < -0.3 is 25.0 Å². The number of nitrogens with zero attached hydrogens (tertiary/aromatic N) is 5. The van der Waals surface area contributed by atoms with Gasteiger partial charge in [0.15, 0.2) is 17.4 Å². The van der Waals surface area contributed by atoms with Crippen molar-refractivity contribution in [1.29, 1.82) is 0 Å². The SMILES string of the molecule is Cc1ccc(Oc2ccc(Nc3ncnc4cc5c(nc34)N3CCN[C@H](CO5)C3)cc2C)cn1. The van der Waals surface area contributed by atoms with Crippen molar-refractivity contribution in [3.63, 3.8) is 0 Å². The molecule has 172 valence electrons. The number of fused-ring (bicyclic) bond motifs is 5. The number of anilines is 3. The summed E-state index contributed by atoms with van der Waals surface area (Å²) >= 11 is 0. The first-order valence-corrected chi connectivity index (χ1v) is 11.4. The van der Waals surface area contributed by atoms with Gasteiger partial charge in [0.25, 0.3) is 0 Å². The van der Waals surface area contributed by atoms with Crippen molar-refractivity contribution < 1.29 is 9.47 Å². The molecule has 4 aromatic rings. The predicted molar refractivity (Wildman–Crippen MR) is 130 cm³/mol. The third kappa shape index (κ3) is 3.94. The fourth-order valence-electron chi connectivity index (χ4n) is 4.32. The van der Waals surface area contributed by atoms with Gasteiger partial charge in [-0.2, -0.15) is 0 Å². The molecule has 3 aromatic heterocycles. The van der Waals surface area contributed by atoms with Gasteiger partial charge in [0.1, 0.15) is 29.9 Å². The first-order valence-electron chi connectivity index (χ1n) is 11.4. The molecule has 34 heavy (non-hydrogen) atoms. The smallest absolute Gasteiger partial charge is 0.172 e. The van der Waals surface area contributed by atoms with E-state index in [4.69, 9.17) is 14.5 Å². The van der Waals surface area contributed by atoms with Gasteiger partial charge >= 0.3 is 0 Å². The Balaban J connectivity index is 1.30. The minimum atomic E-state index is 0.300. The van der Waals surface area contributed by atoms with E-state index in [0.717, 1.165) is 59.4 Å². The van der Waals surface area contributed by atoms with Crippen LogP contribution >= 0.6 is 0 Å². The maximum absolute atomic E-state index is 6.05. The van der Waals surface area contributed by atoms with Crippen molar-refractivity contribution in [2.24, 2.45) is 0 Å². The van der Waals surface area contributed by atoms with Gasteiger partial charge in [0, 0.05) is 37.1 Å². The number of benzene rings is 1. The van der Waals surface area contributed by atoms with Crippen molar-refractivity contribution in [2.75, 3.05) is 36.5 Å². The Kier molecular flexibility index (Phi) is 5.10. The minimum Gasteiger partial charge on any atom is -0.488 e.